The second-order valence-electron chi connectivity index (χ2n) is 3.74. The van der Waals surface area contributed by atoms with E-state index in [-0.39, 0.29) is 17.9 Å². The van der Waals surface area contributed by atoms with Crippen LogP contribution in [0.4, 0.5) is 5.69 Å². The van der Waals surface area contributed by atoms with Crippen LogP contribution in [0.15, 0.2) is 35.7 Å². The maximum absolute atomic E-state index is 11.7. The molecular formula is C13H13NO3S. The molecule has 0 saturated heterocycles. The number of phenolic OH excluding ortho intramolecular Hbond substituents is 1. The number of nitrogens with two attached hydrogens (primary N) is 1. The van der Waals surface area contributed by atoms with Crippen molar-refractivity contribution in [1.82, 2.24) is 0 Å². The highest BCUT2D eigenvalue weighted by atomic mass is 32.1. The minimum Gasteiger partial charge on any atom is -0.507 e. The zero-order valence-corrected chi connectivity index (χ0v) is 10.4. The molecular weight excluding hydrogens is 250 g/mol. The van der Waals surface area contributed by atoms with Gasteiger partial charge >= 0.3 is 5.97 Å². The first-order valence-corrected chi connectivity index (χ1v) is 6.33. The van der Waals surface area contributed by atoms with E-state index in [0.29, 0.717) is 12.1 Å². The Labute approximate surface area is 109 Å². The molecule has 4 nitrogen and oxygen atoms in total. The predicted octanol–water partition coefficient (Wildman–Crippen LogP) is 2.44. The number of rotatable bonds is 4. The Kier molecular flexibility index (Phi) is 3.84. The Hall–Kier alpha value is -2.01. The highest BCUT2D eigenvalue weighted by molar-refractivity contribution is 7.09. The molecule has 0 spiro atoms. The molecule has 3 N–H and O–H groups in total. The maximum atomic E-state index is 11.7. The van der Waals surface area contributed by atoms with Gasteiger partial charge in [0.1, 0.15) is 11.3 Å². The van der Waals surface area contributed by atoms with Crippen molar-refractivity contribution in [3.05, 3.63) is 46.2 Å². The van der Waals surface area contributed by atoms with Gasteiger partial charge in [0.15, 0.2) is 0 Å². The quantitative estimate of drug-likeness (QED) is 0.505. The summed E-state index contributed by atoms with van der Waals surface area (Å²) in [6, 6.07) is 8.24. The number of esters is 1. The van der Waals surface area contributed by atoms with Crippen molar-refractivity contribution < 1.29 is 14.6 Å². The second kappa shape index (κ2) is 5.55. The van der Waals surface area contributed by atoms with E-state index in [2.05, 4.69) is 0 Å². The van der Waals surface area contributed by atoms with Crippen LogP contribution in [0, 0.1) is 0 Å². The number of benzene rings is 1. The van der Waals surface area contributed by atoms with Crippen LogP contribution in [-0.4, -0.2) is 17.7 Å². The zero-order valence-electron chi connectivity index (χ0n) is 9.63. The number of carbonyl (C=O) groups is 1. The summed E-state index contributed by atoms with van der Waals surface area (Å²) in [6.45, 7) is 0.285. The van der Waals surface area contributed by atoms with E-state index in [0.717, 1.165) is 4.88 Å². The molecule has 0 bridgehead atoms. The normalized spacial score (nSPS) is 10.2. The third-order valence-electron chi connectivity index (χ3n) is 2.40. The van der Waals surface area contributed by atoms with Crippen LogP contribution in [0.25, 0.3) is 0 Å². The van der Waals surface area contributed by atoms with Gasteiger partial charge in [0.2, 0.25) is 0 Å². The Morgan fingerprint density at radius 3 is 2.94 bits per heavy atom. The van der Waals surface area contributed by atoms with E-state index in [4.69, 9.17) is 10.5 Å². The summed E-state index contributed by atoms with van der Waals surface area (Å²) in [5, 5.41) is 11.5. The fourth-order valence-corrected chi connectivity index (χ4v) is 2.18. The molecule has 0 atom stereocenters. The van der Waals surface area contributed by atoms with Crippen LogP contribution < -0.4 is 5.73 Å². The van der Waals surface area contributed by atoms with Crippen LogP contribution in [0.2, 0.25) is 0 Å². The minimum atomic E-state index is -0.559. The highest BCUT2D eigenvalue weighted by Gasteiger charge is 2.12. The number of anilines is 1. The zero-order chi connectivity index (χ0) is 13.0. The number of nitrogen functional groups attached to an aromatic ring is 1. The third kappa shape index (κ3) is 3.01. The summed E-state index contributed by atoms with van der Waals surface area (Å²) in [5.74, 6) is -0.679. The topological polar surface area (TPSA) is 72.5 Å². The lowest BCUT2D eigenvalue weighted by molar-refractivity contribution is 0.0507. The minimum absolute atomic E-state index is 0.0983. The fourth-order valence-electron chi connectivity index (χ4n) is 1.49. The monoisotopic (exact) mass is 263 g/mol. The van der Waals surface area contributed by atoms with Crippen molar-refractivity contribution >= 4 is 23.0 Å². The lowest BCUT2D eigenvalue weighted by Crippen LogP contribution is -2.08. The molecule has 18 heavy (non-hydrogen) atoms. The average Bonchev–Trinajstić information content (AvgIpc) is 2.85. The van der Waals surface area contributed by atoms with E-state index in [1.54, 1.807) is 11.3 Å². The summed E-state index contributed by atoms with van der Waals surface area (Å²) in [5.41, 5.74) is 6.07. The van der Waals surface area contributed by atoms with Crippen molar-refractivity contribution in [3.8, 4) is 5.75 Å². The molecule has 0 saturated carbocycles. The first-order valence-electron chi connectivity index (χ1n) is 5.45. The van der Waals surface area contributed by atoms with Gasteiger partial charge in [0.25, 0.3) is 0 Å². The van der Waals surface area contributed by atoms with E-state index in [1.165, 1.54) is 18.2 Å². The standard InChI is InChI=1S/C13H13NO3S/c14-9-3-4-12(15)11(8-9)13(16)17-6-5-10-2-1-7-18-10/h1-4,7-8,15H,5-6,14H2. The van der Waals surface area contributed by atoms with Gasteiger partial charge in [-0.25, -0.2) is 4.79 Å². The number of thiophene rings is 1. The summed E-state index contributed by atoms with van der Waals surface area (Å²) in [7, 11) is 0. The van der Waals surface area contributed by atoms with Crippen LogP contribution in [-0.2, 0) is 11.2 Å². The van der Waals surface area contributed by atoms with Gasteiger partial charge in [-0.15, -0.1) is 11.3 Å². The largest absolute Gasteiger partial charge is 0.507 e. The molecule has 94 valence electrons. The first-order chi connectivity index (χ1) is 8.66. The molecule has 1 aromatic carbocycles. The molecule has 1 aromatic heterocycles. The van der Waals surface area contributed by atoms with Crippen molar-refractivity contribution in [1.29, 1.82) is 0 Å². The molecule has 0 aliphatic rings. The van der Waals surface area contributed by atoms with Crippen LogP contribution >= 0.6 is 11.3 Å². The van der Waals surface area contributed by atoms with Gasteiger partial charge in [-0.3, -0.25) is 0 Å². The van der Waals surface area contributed by atoms with Gasteiger partial charge in [-0.2, -0.15) is 0 Å². The molecule has 0 unspecified atom stereocenters. The van der Waals surface area contributed by atoms with Crippen molar-refractivity contribution in [2.75, 3.05) is 12.3 Å². The van der Waals surface area contributed by atoms with Crippen molar-refractivity contribution in [3.63, 3.8) is 0 Å². The van der Waals surface area contributed by atoms with Gasteiger partial charge in [-0.05, 0) is 29.6 Å². The highest BCUT2D eigenvalue weighted by Crippen LogP contribution is 2.20. The van der Waals surface area contributed by atoms with Gasteiger partial charge in [0, 0.05) is 17.0 Å². The molecule has 0 aliphatic heterocycles. The molecule has 0 amide bonds. The van der Waals surface area contributed by atoms with Crippen molar-refractivity contribution in [2.45, 2.75) is 6.42 Å². The Morgan fingerprint density at radius 1 is 1.39 bits per heavy atom. The maximum Gasteiger partial charge on any atom is 0.341 e. The molecule has 0 radical (unpaired) electrons. The summed E-state index contributed by atoms with van der Waals surface area (Å²) >= 11 is 1.62. The number of aromatic hydroxyl groups is 1. The molecule has 0 aliphatic carbocycles. The molecule has 1 heterocycles. The number of hydrogen-bond acceptors (Lipinski definition) is 5. The summed E-state index contributed by atoms with van der Waals surface area (Å²) in [4.78, 5) is 12.9. The molecule has 2 rings (SSSR count). The lowest BCUT2D eigenvalue weighted by atomic mass is 10.2. The van der Waals surface area contributed by atoms with E-state index in [1.807, 2.05) is 17.5 Å². The van der Waals surface area contributed by atoms with E-state index < -0.39 is 5.97 Å². The number of phenols is 1. The summed E-state index contributed by atoms with van der Waals surface area (Å²) < 4.78 is 5.09. The number of ether oxygens (including phenoxy) is 1. The van der Waals surface area contributed by atoms with Gasteiger partial charge < -0.3 is 15.6 Å². The molecule has 5 heteroatoms. The number of hydrogen-bond donors (Lipinski definition) is 2. The van der Waals surface area contributed by atoms with Gasteiger partial charge in [-0.1, -0.05) is 6.07 Å². The predicted molar refractivity (Wildman–Crippen MR) is 70.8 cm³/mol. The lowest BCUT2D eigenvalue weighted by Gasteiger charge is -2.06. The van der Waals surface area contributed by atoms with Crippen LogP contribution in [0.1, 0.15) is 15.2 Å². The average molecular weight is 263 g/mol. The molecule has 2 aromatic rings. The first kappa shape index (κ1) is 12.4. The smallest absolute Gasteiger partial charge is 0.341 e. The number of carbonyl (C=O) groups excluding carboxylic acids is 1. The van der Waals surface area contributed by atoms with Crippen LogP contribution in [0.3, 0.4) is 0 Å². The molecule has 0 fully saturated rings. The van der Waals surface area contributed by atoms with Crippen molar-refractivity contribution in [2.24, 2.45) is 0 Å². The second-order valence-corrected chi connectivity index (χ2v) is 4.77. The third-order valence-corrected chi connectivity index (χ3v) is 3.34. The van der Waals surface area contributed by atoms with E-state index >= 15 is 0 Å². The van der Waals surface area contributed by atoms with Crippen LogP contribution in [0.5, 0.6) is 5.75 Å². The Balaban J connectivity index is 1.93. The summed E-state index contributed by atoms with van der Waals surface area (Å²) in [6.07, 6.45) is 0.673. The Bertz CT molecular complexity index is 537. The SMILES string of the molecule is Nc1ccc(O)c(C(=O)OCCc2cccs2)c1. The Morgan fingerprint density at radius 2 is 2.22 bits per heavy atom. The fraction of sp³-hybridized carbons (Fsp3) is 0.154. The van der Waals surface area contributed by atoms with Gasteiger partial charge in [0.05, 0.1) is 6.61 Å². The van der Waals surface area contributed by atoms with E-state index in [9.17, 15) is 9.90 Å².